The van der Waals surface area contributed by atoms with Crippen molar-refractivity contribution in [3.8, 4) is 11.4 Å². The zero-order valence-electron chi connectivity index (χ0n) is 35.9. The molecule has 4 aromatic carbocycles. The van der Waals surface area contributed by atoms with E-state index in [2.05, 4.69) is 0 Å². The SMILES string of the molecule is Cc1c(B2OC(C)(C)C(C)(C)O2)cccc1-n1c(=O)c2cccc(Cl)c2n(C)c1=O.Cc1c(B2OC(C)(C)C(C)(C)O2)cccc1-n1c(=O)c2cccc(Cl)c2n(C)c1=O. The van der Waals surface area contributed by atoms with E-state index in [1.807, 2.05) is 81.4 Å². The van der Waals surface area contributed by atoms with Crippen molar-refractivity contribution in [2.24, 2.45) is 14.1 Å². The van der Waals surface area contributed by atoms with Crippen LogP contribution in [0.25, 0.3) is 33.2 Å². The van der Waals surface area contributed by atoms with Gasteiger partial charge in [-0.3, -0.25) is 18.7 Å². The molecule has 0 aliphatic carbocycles. The highest BCUT2D eigenvalue weighted by molar-refractivity contribution is 6.63. The number of para-hydroxylation sites is 2. The fourth-order valence-corrected chi connectivity index (χ4v) is 8.21. The van der Waals surface area contributed by atoms with E-state index < -0.39 is 59.1 Å². The van der Waals surface area contributed by atoms with Crippen molar-refractivity contribution >= 4 is 70.2 Å². The first-order valence-corrected chi connectivity index (χ1v) is 20.4. The summed E-state index contributed by atoms with van der Waals surface area (Å²) < 4.78 is 29.9. The summed E-state index contributed by atoms with van der Waals surface area (Å²) in [6, 6.07) is 21.0. The topological polar surface area (TPSA) is 125 Å². The van der Waals surface area contributed by atoms with Crippen LogP contribution in [0.4, 0.5) is 0 Å². The number of fused-ring (bicyclic) bond motifs is 2. The van der Waals surface area contributed by atoms with Gasteiger partial charge in [-0.05, 0) is 128 Å². The van der Waals surface area contributed by atoms with Gasteiger partial charge in [-0.2, -0.15) is 0 Å². The number of aromatic nitrogens is 4. The van der Waals surface area contributed by atoms with Crippen LogP contribution < -0.4 is 33.4 Å². The fraction of sp³-hybridized carbons (Fsp3) is 0.364. The van der Waals surface area contributed by atoms with E-state index >= 15 is 0 Å². The lowest BCUT2D eigenvalue weighted by Gasteiger charge is -2.32. The molecule has 2 saturated heterocycles. The predicted octanol–water partition coefficient (Wildman–Crippen LogP) is 5.90. The molecule has 12 nitrogen and oxygen atoms in total. The van der Waals surface area contributed by atoms with E-state index in [4.69, 9.17) is 41.8 Å². The molecule has 60 heavy (non-hydrogen) atoms. The fourth-order valence-electron chi connectivity index (χ4n) is 7.61. The second kappa shape index (κ2) is 15.0. The van der Waals surface area contributed by atoms with E-state index in [-0.39, 0.29) is 0 Å². The Labute approximate surface area is 358 Å². The predicted molar refractivity (Wildman–Crippen MR) is 240 cm³/mol. The zero-order chi connectivity index (χ0) is 44.0. The molecule has 0 amide bonds. The van der Waals surface area contributed by atoms with Gasteiger partial charge in [-0.15, -0.1) is 0 Å². The minimum atomic E-state index is -0.593. The molecule has 4 heterocycles. The molecule has 0 spiro atoms. The van der Waals surface area contributed by atoms with Gasteiger partial charge in [-0.25, -0.2) is 18.7 Å². The summed E-state index contributed by atoms with van der Waals surface area (Å²) in [6.45, 7) is 19.6. The van der Waals surface area contributed by atoms with E-state index in [0.29, 0.717) is 43.2 Å². The number of hydrogen-bond acceptors (Lipinski definition) is 8. The van der Waals surface area contributed by atoms with Gasteiger partial charge in [0.05, 0.1) is 65.6 Å². The van der Waals surface area contributed by atoms with Crippen molar-refractivity contribution < 1.29 is 18.6 Å². The third-order valence-corrected chi connectivity index (χ3v) is 13.3. The van der Waals surface area contributed by atoms with Crippen LogP contribution in [0.2, 0.25) is 10.0 Å². The first-order chi connectivity index (χ1) is 27.9. The summed E-state index contributed by atoms with van der Waals surface area (Å²) in [7, 11) is 2.04. The van der Waals surface area contributed by atoms with Crippen LogP contribution in [0.3, 0.4) is 0 Å². The van der Waals surface area contributed by atoms with Crippen molar-refractivity contribution in [3.05, 3.63) is 136 Å². The average molecular weight is 853 g/mol. The maximum absolute atomic E-state index is 13.3. The molecule has 0 radical (unpaired) electrons. The zero-order valence-corrected chi connectivity index (χ0v) is 37.4. The van der Waals surface area contributed by atoms with Gasteiger partial charge >= 0.3 is 25.6 Å². The molecular weight excluding hydrogens is 805 g/mol. The molecule has 312 valence electrons. The van der Waals surface area contributed by atoms with E-state index in [1.165, 1.54) is 18.3 Å². The Morgan fingerprint density at radius 1 is 0.483 bits per heavy atom. The van der Waals surface area contributed by atoms with Crippen LogP contribution in [-0.4, -0.2) is 54.9 Å². The van der Waals surface area contributed by atoms with Crippen LogP contribution in [0.15, 0.2) is 92.0 Å². The van der Waals surface area contributed by atoms with Gasteiger partial charge in [0.2, 0.25) is 0 Å². The van der Waals surface area contributed by atoms with Crippen molar-refractivity contribution in [2.75, 3.05) is 0 Å². The molecule has 0 unspecified atom stereocenters. The monoisotopic (exact) mass is 852 g/mol. The lowest BCUT2D eigenvalue weighted by atomic mass is 9.76. The molecule has 2 aliphatic heterocycles. The number of aryl methyl sites for hydroxylation is 2. The maximum atomic E-state index is 13.3. The normalized spacial score (nSPS) is 17.6. The van der Waals surface area contributed by atoms with Crippen LogP contribution in [-0.2, 0) is 32.7 Å². The summed E-state index contributed by atoms with van der Waals surface area (Å²) >= 11 is 12.5. The Bertz CT molecular complexity index is 2750. The van der Waals surface area contributed by atoms with E-state index in [0.717, 1.165) is 22.1 Å². The van der Waals surface area contributed by atoms with Crippen molar-refractivity contribution in [3.63, 3.8) is 0 Å². The molecular formula is C44H48B2Cl2N4O8. The Balaban J connectivity index is 0.000000181. The second-order valence-electron chi connectivity index (χ2n) is 17.4. The molecule has 0 bridgehead atoms. The molecule has 0 atom stereocenters. The number of halogens is 2. The van der Waals surface area contributed by atoms with Gasteiger partial charge in [-0.1, -0.05) is 59.6 Å². The summed E-state index contributed by atoms with van der Waals surface area (Å²) in [5.74, 6) is 0. The summed E-state index contributed by atoms with van der Waals surface area (Å²) in [6.07, 6.45) is 0. The van der Waals surface area contributed by atoms with E-state index in [9.17, 15) is 19.2 Å². The Morgan fingerprint density at radius 2 is 0.783 bits per heavy atom. The molecule has 0 N–H and O–H groups in total. The van der Waals surface area contributed by atoms with Crippen molar-refractivity contribution in [1.82, 2.24) is 18.3 Å². The molecule has 6 aromatic rings. The minimum Gasteiger partial charge on any atom is -0.399 e. The lowest BCUT2D eigenvalue weighted by Crippen LogP contribution is -2.41. The smallest absolute Gasteiger partial charge is 0.399 e. The minimum absolute atomic E-state index is 0.360. The molecule has 2 fully saturated rings. The highest BCUT2D eigenvalue weighted by atomic mass is 35.5. The summed E-state index contributed by atoms with van der Waals surface area (Å²) in [5.41, 5.74) is 1.17. The highest BCUT2D eigenvalue weighted by Gasteiger charge is 2.53. The average Bonchev–Trinajstić information content (AvgIpc) is 3.53. The van der Waals surface area contributed by atoms with Gasteiger partial charge in [0.25, 0.3) is 11.1 Å². The molecule has 2 aromatic heterocycles. The summed E-state index contributed by atoms with van der Waals surface area (Å²) in [4.78, 5) is 52.9. The van der Waals surface area contributed by atoms with Gasteiger partial charge < -0.3 is 18.6 Å². The molecule has 16 heteroatoms. The summed E-state index contributed by atoms with van der Waals surface area (Å²) in [5, 5.41) is 1.48. The van der Waals surface area contributed by atoms with Crippen LogP contribution in [0.5, 0.6) is 0 Å². The van der Waals surface area contributed by atoms with Gasteiger partial charge in [0.15, 0.2) is 0 Å². The standard InChI is InChI=1S/2C22H24BClN2O4/c2*1-13-15(23-29-21(2,3)22(4,5)30-23)10-8-12-17(13)26-19(27)14-9-7-11-16(24)18(14)25(6)20(26)28/h2*7-12H,1-6H3. The highest BCUT2D eigenvalue weighted by Crippen LogP contribution is 2.38. The Morgan fingerprint density at radius 3 is 1.10 bits per heavy atom. The van der Waals surface area contributed by atoms with E-state index in [1.54, 1.807) is 74.8 Å². The largest absolute Gasteiger partial charge is 0.495 e. The van der Waals surface area contributed by atoms with Crippen molar-refractivity contribution in [2.45, 2.75) is 91.6 Å². The maximum Gasteiger partial charge on any atom is 0.495 e. The third kappa shape index (κ3) is 6.91. The third-order valence-electron chi connectivity index (χ3n) is 12.7. The number of hydrogen-bond donors (Lipinski definition) is 0. The van der Waals surface area contributed by atoms with Crippen LogP contribution in [0, 0.1) is 13.8 Å². The van der Waals surface area contributed by atoms with Gasteiger partial charge in [0.1, 0.15) is 0 Å². The first-order valence-electron chi connectivity index (χ1n) is 19.6. The molecule has 2 aliphatic rings. The number of benzene rings is 4. The van der Waals surface area contributed by atoms with Crippen LogP contribution in [0.1, 0.15) is 66.5 Å². The number of nitrogens with zero attached hydrogens (tertiary/aromatic N) is 4. The first kappa shape index (κ1) is 43.4. The van der Waals surface area contributed by atoms with Gasteiger partial charge in [0, 0.05) is 14.1 Å². The molecule has 0 saturated carbocycles. The lowest BCUT2D eigenvalue weighted by molar-refractivity contribution is 0.00578. The Kier molecular flexibility index (Phi) is 10.9. The van der Waals surface area contributed by atoms with Crippen molar-refractivity contribution in [1.29, 1.82) is 0 Å². The van der Waals surface area contributed by atoms with Crippen LogP contribution >= 0.6 is 23.2 Å². The Hall–Kier alpha value is -4.69. The number of rotatable bonds is 4. The quantitative estimate of drug-likeness (QED) is 0.201. The molecule has 8 rings (SSSR count). The second-order valence-corrected chi connectivity index (χ2v) is 18.2.